The summed E-state index contributed by atoms with van der Waals surface area (Å²) in [4.78, 5) is 0. The Labute approximate surface area is 184 Å². The second-order valence-corrected chi connectivity index (χ2v) is 8.59. The molecule has 0 spiro atoms. The Bertz CT molecular complexity index is 935. The van der Waals surface area contributed by atoms with Gasteiger partial charge in [-0.3, -0.25) is 5.32 Å². The molecule has 2 aromatic carbocycles. The summed E-state index contributed by atoms with van der Waals surface area (Å²) in [5.41, 5.74) is 2.29. The maximum Gasteiger partial charge on any atom is 0.335 e. The van der Waals surface area contributed by atoms with E-state index in [4.69, 9.17) is 0 Å². The van der Waals surface area contributed by atoms with E-state index >= 15 is 0 Å². The molecule has 1 fully saturated rings. The van der Waals surface area contributed by atoms with Gasteiger partial charge in [-0.25, -0.2) is 4.57 Å². The summed E-state index contributed by atoms with van der Waals surface area (Å²) in [5.74, 6) is 0.432. The summed E-state index contributed by atoms with van der Waals surface area (Å²) in [6.07, 6.45) is 8.94. The first-order valence-corrected chi connectivity index (χ1v) is 10.9. The third-order valence-corrected chi connectivity index (χ3v) is 6.97. The Kier molecular flexibility index (Phi) is 8.23. The molecule has 0 bridgehead atoms. The number of aromatic hydroxyl groups is 1. The lowest BCUT2D eigenvalue weighted by Gasteiger charge is -2.18. The van der Waals surface area contributed by atoms with Crippen molar-refractivity contribution >= 4 is 49.9 Å². The van der Waals surface area contributed by atoms with Crippen LogP contribution in [0.5, 0.6) is 5.75 Å². The molecule has 0 amide bonds. The van der Waals surface area contributed by atoms with E-state index in [1.165, 1.54) is 60.3 Å². The summed E-state index contributed by atoms with van der Waals surface area (Å²) < 4.78 is 3.70. The van der Waals surface area contributed by atoms with Crippen LogP contribution in [0.15, 0.2) is 24.3 Å². The van der Waals surface area contributed by atoms with Gasteiger partial charge in [0.05, 0.1) is 17.3 Å². The average molecular weight is 441 g/mol. The highest BCUT2D eigenvalue weighted by Crippen LogP contribution is 2.40. The molecule has 0 radical (unpaired) electrons. The van der Waals surface area contributed by atoms with Crippen molar-refractivity contribution in [1.29, 1.82) is 0 Å². The van der Waals surface area contributed by atoms with Crippen LogP contribution in [-0.4, -0.2) is 11.1 Å². The number of aromatic nitrogens is 1. The van der Waals surface area contributed by atoms with Gasteiger partial charge in [-0.1, -0.05) is 38.0 Å². The van der Waals surface area contributed by atoms with Crippen molar-refractivity contribution in [3.63, 3.8) is 0 Å². The SMILES string of the molecule is CCCC[n+]1c(NC2CCCCC2)sc2c(C)c(O)c3ccccc3c21.Cl.[Cl-]. The van der Waals surface area contributed by atoms with Crippen LogP contribution < -0.4 is 22.3 Å². The molecule has 1 aromatic heterocycles. The second-order valence-electron chi connectivity index (χ2n) is 7.59. The molecule has 1 heterocycles. The zero-order valence-electron chi connectivity index (χ0n) is 16.6. The van der Waals surface area contributed by atoms with E-state index in [0.29, 0.717) is 11.8 Å². The van der Waals surface area contributed by atoms with Gasteiger partial charge < -0.3 is 17.5 Å². The van der Waals surface area contributed by atoms with Gasteiger partial charge in [0.15, 0.2) is 5.52 Å². The lowest BCUT2D eigenvalue weighted by Crippen LogP contribution is -3.00. The fourth-order valence-corrected chi connectivity index (χ4v) is 5.49. The summed E-state index contributed by atoms with van der Waals surface area (Å²) in [6, 6.07) is 8.86. The van der Waals surface area contributed by atoms with Crippen molar-refractivity contribution in [2.45, 2.75) is 71.4 Å². The normalized spacial score (nSPS) is 14.6. The Hall–Kier alpha value is -1.23. The molecular formula is C22H30Cl2N2OS. The molecule has 0 atom stereocenters. The molecule has 6 heteroatoms. The van der Waals surface area contributed by atoms with E-state index in [9.17, 15) is 5.11 Å². The van der Waals surface area contributed by atoms with Gasteiger partial charge in [-0.05, 0) is 56.4 Å². The first-order chi connectivity index (χ1) is 12.7. The predicted octanol–water partition coefficient (Wildman–Crippen LogP) is 3.33. The number of phenolic OH excluding ortho intramolecular Hbond substituents is 1. The molecule has 0 unspecified atom stereocenters. The molecule has 0 saturated heterocycles. The maximum atomic E-state index is 10.7. The fraction of sp³-hybridized carbons (Fsp3) is 0.500. The Morgan fingerprint density at radius 3 is 2.50 bits per heavy atom. The van der Waals surface area contributed by atoms with Gasteiger partial charge in [0.2, 0.25) is 0 Å². The number of nitrogens with one attached hydrogen (secondary N) is 1. The molecule has 28 heavy (non-hydrogen) atoms. The first-order valence-electron chi connectivity index (χ1n) is 10.0. The molecule has 2 N–H and O–H groups in total. The van der Waals surface area contributed by atoms with Gasteiger partial charge in [0.25, 0.3) is 0 Å². The number of thiazole rings is 1. The number of anilines is 1. The van der Waals surface area contributed by atoms with Gasteiger partial charge >= 0.3 is 5.13 Å². The molecule has 3 nitrogen and oxygen atoms in total. The number of unbranched alkanes of at least 4 members (excludes halogenated alkanes) is 1. The highest BCUT2D eigenvalue weighted by atomic mass is 35.5. The Balaban J connectivity index is 0.00000140. The predicted molar refractivity (Wildman–Crippen MR) is 119 cm³/mol. The van der Waals surface area contributed by atoms with Crippen LogP contribution in [0.4, 0.5) is 5.13 Å². The number of aryl methyl sites for hydroxylation is 2. The van der Waals surface area contributed by atoms with Crippen LogP contribution >= 0.6 is 23.7 Å². The number of hydrogen-bond donors (Lipinski definition) is 2. The highest BCUT2D eigenvalue weighted by molar-refractivity contribution is 7.22. The van der Waals surface area contributed by atoms with E-state index in [1.807, 2.05) is 23.5 Å². The minimum atomic E-state index is 0. The topological polar surface area (TPSA) is 36.1 Å². The number of nitrogens with zero attached hydrogens (tertiary/aromatic N) is 1. The second kappa shape index (κ2) is 10.00. The fourth-order valence-electron chi connectivity index (χ4n) is 4.21. The quantitative estimate of drug-likeness (QED) is 0.596. The number of hydrogen-bond acceptors (Lipinski definition) is 3. The van der Waals surface area contributed by atoms with Gasteiger partial charge in [-0.2, -0.15) is 0 Å². The van der Waals surface area contributed by atoms with Crippen LogP contribution in [0.2, 0.25) is 0 Å². The minimum Gasteiger partial charge on any atom is -1.00 e. The highest BCUT2D eigenvalue weighted by Gasteiger charge is 2.27. The number of rotatable bonds is 5. The minimum absolute atomic E-state index is 0. The molecule has 3 aromatic rings. The molecule has 154 valence electrons. The monoisotopic (exact) mass is 440 g/mol. The first kappa shape index (κ1) is 23.1. The van der Waals surface area contributed by atoms with Gasteiger partial charge in [0, 0.05) is 16.3 Å². The summed E-state index contributed by atoms with van der Waals surface area (Å²) in [6.45, 7) is 5.33. The molecule has 1 aliphatic carbocycles. The Morgan fingerprint density at radius 1 is 1.14 bits per heavy atom. The number of fused-ring (bicyclic) bond motifs is 3. The largest absolute Gasteiger partial charge is 1.00 e. The zero-order valence-corrected chi connectivity index (χ0v) is 19.0. The van der Waals surface area contributed by atoms with E-state index < -0.39 is 0 Å². The van der Waals surface area contributed by atoms with E-state index in [-0.39, 0.29) is 24.8 Å². The summed E-state index contributed by atoms with van der Waals surface area (Å²) in [7, 11) is 0. The number of benzene rings is 2. The van der Waals surface area contributed by atoms with Crippen molar-refractivity contribution in [2.24, 2.45) is 0 Å². The van der Waals surface area contributed by atoms with Gasteiger partial charge in [-0.15, -0.1) is 12.4 Å². The average Bonchev–Trinajstić information content (AvgIpc) is 3.03. The van der Waals surface area contributed by atoms with E-state index in [0.717, 1.165) is 22.9 Å². The third-order valence-electron chi connectivity index (χ3n) is 5.73. The number of phenols is 1. The van der Waals surface area contributed by atoms with E-state index in [1.54, 1.807) is 0 Å². The molecule has 4 rings (SSSR count). The lowest BCUT2D eigenvalue weighted by molar-refractivity contribution is -0.653. The van der Waals surface area contributed by atoms with Crippen molar-refractivity contribution in [3.05, 3.63) is 29.8 Å². The van der Waals surface area contributed by atoms with Crippen molar-refractivity contribution < 1.29 is 22.1 Å². The molecule has 0 aliphatic heterocycles. The molecule has 1 aliphatic rings. The van der Waals surface area contributed by atoms with Crippen molar-refractivity contribution in [3.8, 4) is 5.75 Å². The summed E-state index contributed by atoms with van der Waals surface area (Å²) in [5, 5.41) is 18.0. The van der Waals surface area contributed by atoms with Crippen molar-refractivity contribution in [1.82, 2.24) is 0 Å². The smallest absolute Gasteiger partial charge is 0.335 e. The van der Waals surface area contributed by atoms with Crippen LogP contribution in [0, 0.1) is 6.92 Å². The van der Waals surface area contributed by atoms with Crippen LogP contribution in [0.3, 0.4) is 0 Å². The molecular weight excluding hydrogens is 411 g/mol. The zero-order chi connectivity index (χ0) is 18.1. The molecule has 1 saturated carbocycles. The third kappa shape index (κ3) is 4.19. The van der Waals surface area contributed by atoms with Crippen molar-refractivity contribution in [2.75, 3.05) is 5.32 Å². The van der Waals surface area contributed by atoms with Gasteiger partial charge in [0.1, 0.15) is 5.75 Å². The standard InChI is InChI=1S/C22H28N2OS.2ClH/c1-3-4-14-24-19-17-12-8-9-13-18(17)20(25)15(2)21(19)26-22(24)23-16-10-6-5-7-11-16;;/h8-9,12-13,16,25H,3-7,10-11,14H2,1-2H3;2*1H. The summed E-state index contributed by atoms with van der Waals surface area (Å²) >= 11 is 1.82. The Morgan fingerprint density at radius 2 is 1.82 bits per heavy atom. The van der Waals surface area contributed by atoms with E-state index in [2.05, 4.69) is 35.9 Å². The van der Waals surface area contributed by atoms with Crippen LogP contribution in [0.25, 0.3) is 21.0 Å². The lowest BCUT2D eigenvalue weighted by atomic mass is 9.96. The maximum absolute atomic E-state index is 10.7. The number of halogens is 2. The van der Waals surface area contributed by atoms with Crippen LogP contribution in [0.1, 0.15) is 57.4 Å². The van der Waals surface area contributed by atoms with Crippen LogP contribution in [-0.2, 0) is 6.54 Å².